The first-order valence-corrected chi connectivity index (χ1v) is 40.2. The molecule has 8 aromatic carbocycles. The number of pyridine rings is 1. The first-order valence-electron chi connectivity index (χ1n) is 38.5. The lowest BCUT2D eigenvalue weighted by molar-refractivity contribution is 0.487. The first kappa shape index (κ1) is 95.3. The molecule has 5 heteroatoms. The fourth-order valence-corrected chi connectivity index (χ4v) is 10.7. The summed E-state index contributed by atoms with van der Waals surface area (Å²) in [5.41, 5.74) is 17.9. The number of halogens is 2. The van der Waals surface area contributed by atoms with Gasteiger partial charge in [-0.2, -0.15) is 0 Å². The van der Waals surface area contributed by atoms with Crippen molar-refractivity contribution >= 4 is 27.3 Å². The minimum absolute atomic E-state index is 0.163. The lowest BCUT2D eigenvalue weighted by atomic mass is 9.99. The normalized spacial score (nSPS) is 10.4. The highest BCUT2D eigenvalue weighted by Gasteiger charge is 2.04. The maximum absolute atomic E-state index is 12.4. The van der Waals surface area contributed by atoms with E-state index in [1.165, 1.54) is 102 Å². The zero-order valence-electron chi connectivity index (χ0n) is 69.7. The quantitative estimate of drug-likeness (QED) is 0.115. The second-order valence-electron chi connectivity index (χ2n) is 30.4. The average Bonchev–Trinajstić information content (AvgIpc) is 1.94. The molecule has 0 atom stereocenters. The van der Waals surface area contributed by atoms with Gasteiger partial charge in [-0.3, -0.25) is 4.98 Å². The van der Waals surface area contributed by atoms with Crippen LogP contribution >= 0.6 is 27.3 Å². The average molecular weight is 1500 g/mol. The molecule has 0 bridgehead atoms. The summed E-state index contributed by atoms with van der Waals surface area (Å²) in [6.07, 6.45) is 7.92. The Morgan fingerprint density at radius 1 is 0.343 bits per heavy atom. The molecule has 0 spiro atoms. The van der Waals surface area contributed by atoms with Crippen molar-refractivity contribution in [1.82, 2.24) is 4.98 Å². The van der Waals surface area contributed by atoms with Crippen molar-refractivity contribution < 1.29 is 8.81 Å². The van der Waals surface area contributed by atoms with Gasteiger partial charge >= 0.3 is 0 Å². The number of furan rings is 1. The number of hydrogen-bond donors (Lipinski definition) is 0. The highest BCUT2D eigenvalue weighted by molar-refractivity contribution is 9.10. The molecule has 0 aliphatic heterocycles. The Morgan fingerprint density at radius 2 is 0.714 bits per heavy atom. The molecule has 2 nitrogen and oxygen atoms in total. The number of nitrogens with zero attached hydrogens (tertiary/aromatic N) is 1. The predicted molar refractivity (Wildman–Crippen MR) is 469 cm³/mol. The zero-order chi connectivity index (χ0) is 78.8. The molecule has 0 amide bonds. The Kier molecular flexibility index (Phi) is 50.6. The lowest BCUT2D eigenvalue weighted by Crippen LogP contribution is -1.91. The summed E-state index contributed by atoms with van der Waals surface area (Å²) in [5.74, 6) is 7.92. The minimum atomic E-state index is -0.163. The van der Waals surface area contributed by atoms with Crippen LogP contribution in [0.1, 0.15) is 301 Å². The molecule has 0 saturated carbocycles. The van der Waals surface area contributed by atoms with Crippen LogP contribution in [0.25, 0.3) is 0 Å². The highest BCUT2D eigenvalue weighted by Crippen LogP contribution is 2.23. The Labute approximate surface area is 654 Å². The van der Waals surface area contributed by atoms with Crippen molar-refractivity contribution in [3.05, 3.63) is 360 Å². The van der Waals surface area contributed by atoms with Gasteiger partial charge in [0, 0.05) is 27.7 Å². The summed E-state index contributed by atoms with van der Waals surface area (Å²) in [6.45, 7) is 56.7. The van der Waals surface area contributed by atoms with Crippen LogP contribution < -0.4 is 0 Å². The molecular formula is C100H137BrFNOS. The van der Waals surface area contributed by atoms with Gasteiger partial charge in [0.15, 0.2) is 0 Å². The van der Waals surface area contributed by atoms with Crippen molar-refractivity contribution in [2.75, 3.05) is 0 Å². The van der Waals surface area contributed by atoms with E-state index in [4.69, 9.17) is 4.42 Å². The third-order valence-corrected chi connectivity index (χ3v) is 18.7. The van der Waals surface area contributed by atoms with Crippen LogP contribution in [0.3, 0.4) is 0 Å². The molecule has 3 heterocycles. The van der Waals surface area contributed by atoms with Gasteiger partial charge in [-0.05, 0) is 209 Å². The lowest BCUT2D eigenvalue weighted by Gasteiger charge is -2.07. The van der Waals surface area contributed by atoms with Crippen molar-refractivity contribution in [3.63, 3.8) is 0 Å². The van der Waals surface area contributed by atoms with Crippen molar-refractivity contribution in [1.29, 1.82) is 0 Å². The topological polar surface area (TPSA) is 26.0 Å². The van der Waals surface area contributed by atoms with Gasteiger partial charge in [-0.1, -0.05) is 379 Å². The van der Waals surface area contributed by atoms with Crippen molar-refractivity contribution in [3.8, 4) is 0 Å². The summed E-state index contributed by atoms with van der Waals surface area (Å²) in [5, 5.41) is 2.12. The van der Waals surface area contributed by atoms with E-state index in [-0.39, 0.29) is 5.82 Å². The standard InChI is InChI=1S/C11H16.4C10H14.C9H11Br.C9H11F.C9H12.C8H11N.C7H10O.C7H10S/c1-10(2)8-9-11-6-4-3-5-7-11;3*1-8(2)10-6-4-9(3)5-7-10;1-8(2)10-7-5-4-6-9(10)3;2*1-7(2)8-3-5-9(10)6-4-8;1-8(2)9-6-4-3-5-7-9;1-7(2)8-4-3-5-9-6-8;2*1-6(2)7-4-3-5-8-7/h3-7,10H,8-9H2,1-2H3;4*4-8H,1-3H3;2*3-7H,1-2H3;3-8H,1-2H3;3-7H,1-2H3;2*3-6H,1-2H3. The molecule has 3 aromatic heterocycles. The first-order chi connectivity index (χ1) is 49.7. The van der Waals surface area contributed by atoms with Gasteiger partial charge in [0.2, 0.25) is 0 Å². The largest absolute Gasteiger partial charge is 0.469 e. The SMILES string of the molecule is CC(C)CCc1ccccc1.CC(C)c1ccc(Br)cc1.CC(C)c1ccc(F)cc1.CC(C)c1ccccc1.CC(C)c1cccnc1.CC(C)c1ccco1.CC(C)c1cccs1.Cc1ccc(C(C)C)cc1.Cc1ccc(C(C)C)cc1.Cc1ccc(C(C)C)cc1.Cc1ccccc1C(C)C. The third-order valence-electron chi connectivity index (χ3n) is 17.0. The van der Waals surface area contributed by atoms with E-state index in [1.54, 1.807) is 12.5 Å². The van der Waals surface area contributed by atoms with E-state index in [1.807, 2.05) is 53.9 Å². The Bertz CT molecular complexity index is 3390. The third kappa shape index (κ3) is 46.1. The van der Waals surface area contributed by atoms with Gasteiger partial charge in [0.05, 0.1) is 6.26 Å². The van der Waals surface area contributed by atoms with Gasteiger partial charge in [0.1, 0.15) is 11.6 Å². The molecule has 0 aliphatic carbocycles. The van der Waals surface area contributed by atoms with E-state index >= 15 is 0 Å². The van der Waals surface area contributed by atoms with Gasteiger partial charge in [0.25, 0.3) is 0 Å². The maximum atomic E-state index is 12.4. The van der Waals surface area contributed by atoms with Gasteiger partial charge in [-0.25, -0.2) is 4.39 Å². The Balaban J connectivity index is 0.000000578. The van der Waals surface area contributed by atoms with E-state index in [2.05, 4.69) is 400 Å². The number of thiophene rings is 1. The highest BCUT2D eigenvalue weighted by atomic mass is 79.9. The number of benzene rings is 8. The second kappa shape index (κ2) is 55.7. The molecule has 568 valence electrons. The van der Waals surface area contributed by atoms with Crippen LogP contribution in [0, 0.1) is 39.4 Å². The molecule has 0 saturated heterocycles. The number of aromatic nitrogens is 1. The van der Waals surface area contributed by atoms with Crippen LogP contribution in [0.15, 0.2) is 276 Å². The predicted octanol–water partition coefficient (Wildman–Crippen LogP) is 32.6. The van der Waals surface area contributed by atoms with Crippen LogP contribution in [0.4, 0.5) is 4.39 Å². The van der Waals surface area contributed by atoms with Crippen LogP contribution in [0.5, 0.6) is 0 Å². The van der Waals surface area contributed by atoms with Crippen LogP contribution in [0.2, 0.25) is 0 Å². The van der Waals surface area contributed by atoms with E-state index in [0.29, 0.717) is 59.2 Å². The van der Waals surface area contributed by atoms with E-state index in [9.17, 15) is 4.39 Å². The van der Waals surface area contributed by atoms with Crippen LogP contribution in [-0.4, -0.2) is 4.98 Å². The molecule has 0 aliphatic rings. The smallest absolute Gasteiger partial charge is 0.123 e. The maximum Gasteiger partial charge on any atom is 0.123 e. The number of hydrogen-bond acceptors (Lipinski definition) is 3. The zero-order valence-corrected chi connectivity index (χ0v) is 72.1. The van der Waals surface area contributed by atoms with Crippen molar-refractivity contribution in [2.45, 2.75) is 252 Å². The molecule has 0 radical (unpaired) electrons. The summed E-state index contributed by atoms with van der Waals surface area (Å²) < 4.78 is 18.6. The summed E-state index contributed by atoms with van der Waals surface area (Å²) in [6, 6.07) is 83.2. The Hall–Kier alpha value is -7.70. The molecule has 11 rings (SSSR count). The second-order valence-corrected chi connectivity index (χ2v) is 32.3. The number of aryl methyl sites for hydroxylation is 5. The molecule has 0 N–H and O–H groups in total. The summed E-state index contributed by atoms with van der Waals surface area (Å²) in [7, 11) is 0. The summed E-state index contributed by atoms with van der Waals surface area (Å²) >= 11 is 5.23. The molecule has 11 aromatic rings. The minimum Gasteiger partial charge on any atom is -0.469 e. The molecule has 0 unspecified atom stereocenters. The summed E-state index contributed by atoms with van der Waals surface area (Å²) in [4.78, 5) is 5.48. The van der Waals surface area contributed by atoms with Gasteiger partial charge in [-0.15, -0.1) is 11.3 Å². The Morgan fingerprint density at radius 3 is 0.990 bits per heavy atom. The van der Waals surface area contributed by atoms with Gasteiger partial charge < -0.3 is 4.42 Å². The fraction of sp³-hybridized carbons (Fsp3) is 0.390. The number of rotatable bonds is 13. The fourth-order valence-electron chi connectivity index (χ4n) is 9.68. The van der Waals surface area contributed by atoms with E-state index in [0.717, 1.165) is 16.2 Å². The molecule has 0 fully saturated rings. The monoisotopic (exact) mass is 1500 g/mol. The molecule has 105 heavy (non-hydrogen) atoms. The van der Waals surface area contributed by atoms with Crippen LogP contribution in [-0.2, 0) is 6.42 Å². The van der Waals surface area contributed by atoms with E-state index < -0.39 is 0 Å². The molecular weight excluding hydrogens is 1360 g/mol. The van der Waals surface area contributed by atoms with Crippen molar-refractivity contribution in [2.24, 2.45) is 5.92 Å².